The summed E-state index contributed by atoms with van der Waals surface area (Å²) in [6, 6.07) is 33.4. The zero-order valence-corrected chi connectivity index (χ0v) is 27.3. The Labute approximate surface area is 284 Å². The second-order valence-corrected chi connectivity index (χ2v) is 13.5. The van der Waals surface area contributed by atoms with Gasteiger partial charge in [0.05, 0.1) is 11.6 Å². The van der Waals surface area contributed by atoms with Gasteiger partial charge in [0.1, 0.15) is 23.9 Å². The summed E-state index contributed by atoms with van der Waals surface area (Å²) in [5.74, 6) is -1.36. The summed E-state index contributed by atoms with van der Waals surface area (Å²) in [5, 5.41) is 22.6. The van der Waals surface area contributed by atoms with Crippen LogP contribution < -0.4 is 9.64 Å². The maximum Gasteiger partial charge on any atom is 0.301 e. The molecule has 0 radical (unpaired) electrons. The lowest BCUT2D eigenvalue weighted by Gasteiger charge is -2.22. The molecule has 7 rings (SSSR count). The molecule has 5 aromatic carbocycles. The van der Waals surface area contributed by atoms with E-state index < -0.39 is 23.5 Å². The van der Waals surface area contributed by atoms with Gasteiger partial charge in [0.25, 0.3) is 5.78 Å². The fraction of sp³-hybridized carbons (Fsp3) is 0.105. The van der Waals surface area contributed by atoms with Gasteiger partial charge in [-0.1, -0.05) is 108 Å². The number of Topliss-reactive ketones (excluding diaryl/α,β-unsaturated/α-hetero) is 1. The number of amides is 1. The van der Waals surface area contributed by atoms with Gasteiger partial charge in [-0.2, -0.15) is 0 Å². The Kier molecular flexibility index (Phi) is 8.75. The molecular weight excluding hydrogens is 646 g/mol. The van der Waals surface area contributed by atoms with E-state index in [1.54, 1.807) is 24.3 Å². The number of fused-ring (bicyclic) bond motifs is 1. The van der Waals surface area contributed by atoms with Crippen molar-refractivity contribution in [2.24, 2.45) is 0 Å². The molecule has 1 atom stereocenters. The number of ether oxygens (including phenoxy) is 1. The van der Waals surface area contributed by atoms with E-state index in [4.69, 9.17) is 4.74 Å². The Morgan fingerprint density at radius 1 is 0.917 bits per heavy atom. The average Bonchev–Trinajstić information content (AvgIpc) is 3.68. The molecule has 1 aliphatic rings. The van der Waals surface area contributed by atoms with Crippen molar-refractivity contribution in [1.82, 2.24) is 10.2 Å². The van der Waals surface area contributed by atoms with Crippen LogP contribution in [0.2, 0.25) is 0 Å². The van der Waals surface area contributed by atoms with E-state index in [-0.39, 0.29) is 16.5 Å². The van der Waals surface area contributed by atoms with Crippen LogP contribution in [0.25, 0.3) is 16.5 Å². The highest BCUT2D eigenvalue weighted by atomic mass is 32.2. The maximum atomic E-state index is 14.0. The van der Waals surface area contributed by atoms with Crippen LogP contribution in [0.5, 0.6) is 5.75 Å². The minimum Gasteiger partial charge on any atom is -0.507 e. The van der Waals surface area contributed by atoms with Crippen molar-refractivity contribution in [2.75, 3.05) is 4.90 Å². The summed E-state index contributed by atoms with van der Waals surface area (Å²) in [4.78, 5) is 28.4. The second kappa shape index (κ2) is 13.4. The van der Waals surface area contributed by atoms with Crippen LogP contribution in [0.15, 0.2) is 125 Å². The molecule has 6 aromatic rings. The topological polar surface area (TPSA) is 92.6 Å². The van der Waals surface area contributed by atoms with Crippen molar-refractivity contribution in [2.45, 2.75) is 29.7 Å². The first kappa shape index (κ1) is 31.3. The van der Waals surface area contributed by atoms with E-state index in [1.165, 1.54) is 52.3 Å². The zero-order valence-electron chi connectivity index (χ0n) is 25.7. The number of aryl methyl sites for hydroxylation is 1. The fourth-order valence-corrected chi connectivity index (χ4v) is 7.61. The SMILES string of the molecule is Cc1cccc(COc2ccc(/C(O)=C3\C(=O)C(=O)N(c4nnc(SCc5cccc6ccccc56)s4)C3c3ccc(F)cc3)cc2)c1. The lowest BCUT2D eigenvalue weighted by molar-refractivity contribution is -0.132. The number of aromatic nitrogens is 2. The van der Waals surface area contributed by atoms with Crippen LogP contribution in [-0.4, -0.2) is 27.0 Å². The maximum absolute atomic E-state index is 14.0. The predicted molar refractivity (Wildman–Crippen MR) is 187 cm³/mol. The molecule has 0 saturated carbocycles. The molecule has 1 saturated heterocycles. The number of aliphatic hydroxyl groups excluding tert-OH is 1. The van der Waals surface area contributed by atoms with Gasteiger partial charge in [0.15, 0.2) is 4.34 Å². The van der Waals surface area contributed by atoms with Crippen molar-refractivity contribution in [1.29, 1.82) is 0 Å². The normalized spacial score (nSPS) is 15.7. The molecule has 1 fully saturated rings. The summed E-state index contributed by atoms with van der Waals surface area (Å²) in [6.45, 7) is 2.38. The smallest absolute Gasteiger partial charge is 0.301 e. The number of thioether (sulfide) groups is 1. The number of hydrogen-bond acceptors (Lipinski definition) is 8. The zero-order chi connectivity index (χ0) is 33.2. The van der Waals surface area contributed by atoms with Crippen molar-refractivity contribution in [3.05, 3.63) is 154 Å². The number of nitrogens with zero attached hydrogens (tertiary/aromatic N) is 3. The van der Waals surface area contributed by atoms with Crippen molar-refractivity contribution in [3.8, 4) is 5.75 Å². The standard InChI is InChI=1S/C38H28FN3O4S2/c1-23-6-4-7-24(20-23)21-46-30-18-14-27(15-19-30)34(43)32-33(26-12-16-29(39)17-13-26)42(36(45)35(32)44)37-40-41-38(48-37)47-22-28-10-5-9-25-8-2-3-11-31(25)28/h2-20,33,43H,21-22H2,1H3/b34-32+. The van der Waals surface area contributed by atoms with Crippen LogP contribution in [-0.2, 0) is 21.9 Å². The largest absolute Gasteiger partial charge is 0.507 e. The first-order valence-corrected chi connectivity index (χ1v) is 16.9. The van der Waals surface area contributed by atoms with Crippen LogP contribution in [0.4, 0.5) is 9.52 Å². The molecule has 10 heteroatoms. The summed E-state index contributed by atoms with van der Waals surface area (Å²) in [7, 11) is 0. The molecule has 7 nitrogen and oxygen atoms in total. The Bertz CT molecular complexity index is 2180. The number of ketones is 1. The van der Waals surface area contributed by atoms with Gasteiger partial charge in [-0.3, -0.25) is 14.5 Å². The molecule has 238 valence electrons. The third-order valence-corrected chi connectivity index (χ3v) is 10.2. The van der Waals surface area contributed by atoms with Gasteiger partial charge in [0.2, 0.25) is 5.13 Å². The lowest BCUT2D eigenvalue weighted by Crippen LogP contribution is -2.29. The molecule has 1 unspecified atom stereocenters. The minimum atomic E-state index is -1.05. The predicted octanol–water partition coefficient (Wildman–Crippen LogP) is 8.64. The molecule has 0 aliphatic carbocycles. The Balaban J connectivity index is 1.17. The highest BCUT2D eigenvalue weighted by molar-refractivity contribution is 8.00. The number of carbonyl (C=O) groups excluding carboxylic acids is 2. The summed E-state index contributed by atoms with van der Waals surface area (Å²) in [6.07, 6.45) is 0. The molecule has 1 amide bonds. The van der Waals surface area contributed by atoms with Gasteiger partial charge in [0, 0.05) is 11.3 Å². The second-order valence-electron chi connectivity index (χ2n) is 11.3. The van der Waals surface area contributed by atoms with Crippen LogP contribution in [0.3, 0.4) is 0 Å². The summed E-state index contributed by atoms with van der Waals surface area (Å²) < 4.78 is 20.5. The van der Waals surface area contributed by atoms with E-state index in [2.05, 4.69) is 34.5 Å². The molecule has 1 aliphatic heterocycles. The fourth-order valence-electron chi connectivity index (χ4n) is 5.74. The van der Waals surface area contributed by atoms with Gasteiger partial charge < -0.3 is 9.84 Å². The number of hydrogen-bond donors (Lipinski definition) is 1. The molecule has 2 heterocycles. The van der Waals surface area contributed by atoms with Crippen LogP contribution >= 0.6 is 23.1 Å². The monoisotopic (exact) mass is 673 g/mol. The van der Waals surface area contributed by atoms with Gasteiger partial charge >= 0.3 is 5.91 Å². The highest BCUT2D eigenvalue weighted by Crippen LogP contribution is 2.44. The van der Waals surface area contributed by atoms with E-state index in [0.29, 0.717) is 33.6 Å². The molecular formula is C38H28FN3O4S2. The van der Waals surface area contributed by atoms with Gasteiger partial charge in [-0.15, -0.1) is 10.2 Å². The first-order valence-electron chi connectivity index (χ1n) is 15.1. The molecule has 0 spiro atoms. The minimum absolute atomic E-state index is 0.125. The number of benzene rings is 5. The third kappa shape index (κ3) is 6.32. The van der Waals surface area contributed by atoms with Crippen LogP contribution in [0.1, 0.15) is 33.9 Å². The van der Waals surface area contributed by atoms with E-state index >= 15 is 0 Å². The average molecular weight is 674 g/mol. The highest BCUT2D eigenvalue weighted by Gasteiger charge is 2.48. The Hall–Kier alpha value is -5.32. The lowest BCUT2D eigenvalue weighted by atomic mass is 9.95. The van der Waals surface area contributed by atoms with Crippen LogP contribution in [0, 0.1) is 12.7 Å². The number of aliphatic hydroxyl groups is 1. The van der Waals surface area contributed by atoms with Crippen molar-refractivity contribution < 1.29 is 23.8 Å². The van der Waals surface area contributed by atoms with E-state index in [1.807, 2.05) is 49.4 Å². The number of halogens is 1. The van der Waals surface area contributed by atoms with Gasteiger partial charge in [-0.05, 0) is 70.8 Å². The first-order chi connectivity index (χ1) is 23.4. The Morgan fingerprint density at radius 3 is 2.46 bits per heavy atom. The van der Waals surface area contributed by atoms with Crippen molar-refractivity contribution in [3.63, 3.8) is 0 Å². The molecule has 1 aromatic heterocycles. The number of anilines is 1. The summed E-state index contributed by atoms with van der Waals surface area (Å²) in [5.41, 5.74) is 3.93. The molecule has 0 bridgehead atoms. The Morgan fingerprint density at radius 2 is 1.67 bits per heavy atom. The van der Waals surface area contributed by atoms with E-state index in [9.17, 15) is 19.1 Å². The summed E-state index contributed by atoms with van der Waals surface area (Å²) >= 11 is 2.65. The number of carbonyl (C=O) groups is 2. The molecule has 48 heavy (non-hydrogen) atoms. The van der Waals surface area contributed by atoms with Crippen molar-refractivity contribution >= 4 is 56.5 Å². The van der Waals surface area contributed by atoms with Gasteiger partial charge in [-0.25, -0.2) is 4.39 Å². The quantitative estimate of drug-likeness (QED) is 0.0540. The van der Waals surface area contributed by atoms with E-state index in [0.717, 1.165) is 27.5 Å². The molecule has 1 N–H and O–H groups in total. The number of rotatable bonds is 9. The third-order valence-electron chi connectivity index (χ3n) is 8.08.